The average molecular weight is 361 g/mol. The molecule has 0 saturated heterocycles. The molecule has 2 amide bonds. The number of amides is 2. The topological polar surface area (TPSA) is 71.3 Å². The number of hydrogen-bond acceptors (Lipinski definition) is 3. The first-order chi connectivity index (χ1) is 11.2. The van der Waals surface area contributed by atoms with Crippen molar-refractivity contribution in [3.8, 4) is 0 Å². The lowest BCUT2D eigenvalue weighted by atomic mass is 10.2. The fraction of sp³-hybridized carbons (Fsp3) is 0.200. The van der Waals surface area contributed by atoms with Crippen LogP contribution >= 0.6 is 11.6 Å². The third kappa shape index (κ3) is 4.29. The largest absolute Gasteiger partial charge is 0.459 e. The van der Waals surface area contributed by atoms with Gasteiger partial charge in [-0.05, 0) is 37.3 Å². The van der Waals surface area contributed by atoms with Gasteiger partial charge in [-0.15, -0.1) is 0 Å². The van der Waals surface area contributed by atoms with Gasteiger partial charge in [0.05, 0.1) is 16.8 Å². The molecule has 1 atom stereocenters. The quantitative estimate of drug-likeness (QED) is 0.873. The predicted molar refractivity (Wildman–Crippen MR) is 80.7 cm³/mol. The lowest BCUT2D eigenvalue weighted by Crippen LogP contribution is -2.41. The highest BCUT2D eigenvalue weighted by atomic mass is 35.5. The summed E-state index contributed by atoms with van der Waals surface area (Å²) in [5.74, 6) is -1.29. The minimum atomic E-state index is -4.64. The number of benzene rings is 1. The second-order valence-corrected chi connectivity index (χ2v) is 5.26. The molecule has 0 radical (unpaired) electrons. The molecule has 5 nitrogen and oxygen atoms in total. The van der Waals surface area contributed by atoms with Crippen LogP contribution in [0, 0.1) is 0 Å². The molecule has 0 fully saturated rings. The van der Waals surface area contributed by atoms with Crippen molar-refractivity contribution in [2.45, 2.75) is 19.1 Å². The van der Waals surface area contributed by atoms with Crippen LogP contribution in [0.25, 0.3) is 0 Å². The molecular formula is C15H12ClF3N2O3. The van der Waals surface area contributed by atoms with Gasteiger partial charge in [0.2, 0.25) is 5.91 Å². The second kappa shape index (κ2) is 6.96. The van der Waals surface area contributed by atoms with E-state index in [0.717, 1.165) is 12.1 Å². The van der Waals surface area contributed by atoms with Gasteiger partial charge in [-0.25, -0.2) is 0 Å². The van der Waals surface area contributed by atoms with Gasteiger partial charge >= 0.3 is 6.18 Å². The van der Waals surface area contributed by atoms with Gasteiger partial charge in [0.1, 0.15) is 6.04 Å². The summed E-state index contributed by atoms with van der Waals surface area (Å²) >= 11 is 5.51. The zero-order chi connectivity index (χ0) is 17.9. The zero-order valence-corrected chi connectivity index (χ0v) is 13.0. The van der Waals surface area contributed by atoms with E-state index in [1.165, 1.54) is 31.4 Å². The Bertz CT molecular complexity index is 745. The summed E-state index contributed by atoms with van der Waals surface area (Å²) in [5, 5.41) is 4.18. The lowest BCUT2D eigenvalue weighted by Gasteiger charge is -2.15. The van der Waals surface area contributed by atoms with Crippen LogP contribution in [-0.4, -0.2) is 17.9 Å². The van der Waals surface area contributed by atoms with Crippen molar-refractivity contribution in [2.24, 2.45) is 0 Å². The number of anilines is 1. The Morgan fingerprint density at radius 3 is 2.54 bits per heavy atom. The summed E-state index contributed by atoms with van der Waals surface area (Å²) in [6, 6.07) is 4.91. The zero-order valence-electron chi connectivity index (χ0n) is 12.3. The Hall–Kier alpha value is -2.48. The highest BCUT2D eigenvalue weighted by molar-refractivity contribution is 6.31. The van der Waals surface area contributed by atoms with E-state index in [1.807, 2.05) is 0 Å². The normalized spacial score (nSPS) is 12.5. The summed E-state index contributed by atoms with van der Waals surface area (Å²) in [4.78, 5) is 23.7. The summed E-state index contributed by atoms with van der Waals surface area (Å²) < 4.78 is 43.2. The molecule has 2 rings (SSSR count). The number of alkyl halides is 3. The maximum absolute atomic E-state index is 12.8. The van der Waals surface area contributed by atoms with Gasteiger partial charge < -0.3 is 15.1 Å². The summed E-state index contributed by atoms with van der Waals surface area (Å²) in [6.45, 7) is 1.39. The molecular weight excluding hydrogens is 349 g/mol. The molecule has 1 unspecified atom stereocenters. The van der Waals surface area contributed by atoms with E-state index in [0.29, 0.717) is 0 Å². The van der Waals surface area contributed by atoms with Crippen molar-refractivity contribution in [1.82, 2.24) is 5.32 Å². The van der Waals surface area contributed by atoms with Gasteiger partial charge in [0, 0.05) is 5.69 Å². The molecule has 2 N–H and O–H groups in total. The molecule has 1 aromatic carbocycles. The SMILES string of the molecule is CC(NC(=O)c1ccco1)C(=O)Nc1ccc(Cl)c(C(F)(F)F)c1. The molecule has 0 bridgehead atoms. The fourth-order valence-electron chi connectivity index (χ4n) is 1.81. The van der Waals surface area contributed by atoms with E-state index in [9.17, 15) is 22.8 Å². The first kappa shape index (κ1) is 17.9. The van der Waals surface area contributed by atoms with Crippen molar-refractivity contribution in [2.75, 3.05) is 5.32 Å². The van der Waals surface area contributed by atoms with Gasteiger partial charge in [0.15, 0.2) is 5.76 Å². The minimum Gasteiger partial charge on any atom is -0.459 e. The van der Waals surface area contributed by atoms with Gasteiger partial charge in [0.25, 0.3) is 5.91 Å². The molecule has 24 heavy (non-hydrogen) atoms. The summed E-state index contributed by atoms with van der Waals surface area (Å²) in [5.41, 5.74) is -1.15. The maximum atomic E-state index is 12.8. The van der Waals surface area contributed by atoms with Gasteiger partial charge in [-0.2, -0.15) is 13.2 Å². The lowest BCUT2D eigenvalue weighted by molar-refractivity contribution is -0.137. The van der Waals surface area contributed by atoms with Crippen LogP contribution in [0.15, 0.2) is 41.0 Å². The smallest absolute Gasteiger partial charge is 0.417 e. The Balaban J connectivity index is 2.05. The van der Waals surface area contributed by atoms with E-state index in [-0.39, 0.29) is 11.4 Å². The molecule has 0 aliphatic carbocycles. The number of nitrogens with one attached hydrogen (secondary N) is 2. The van der Waals surface area contributed by atoms with Crippen LogP contribution in [0.1, 0.15) is 23.0 Å². The van der Waals surface area contributed by atoms with E-state index in [4.69, 9.17) is 16.0 Å². The van der Waals surface area contributed by atoms with Crippen molar-refractivity contribution in [3.63, 3.8) is 0 Å². The molecule has 1 heterocycles. The maximum Gasteiger partial charge on any atom is 0.417 e. The monoisotopic (exact) mass is 360 g/mol. The molecule has 128 valence electrons. The van der Waals surface area contributed by atoms with Crippen LogP contribution in [-0.2, 0) is 11.0 Å². The van der Waals surface area contributed by atoms with E-state index < -0.39 is 34.6 Å². The standard InChI is InChI=1S/C15H12ClF3N2O3/c1-8(20-14(23)12-3-2-6-24-12)13(22)21-9-4-5-11(16)10(7-9)15(17,18)19/h2-8H,1H3,(H,20,23)(H,21,22). The van der Waals surface area contributed by atoms with Crippen molar-refractivity contribution in [3.05, 3.63) is 52.9 Å². The van der Waals surface area contributed by atoms with Crippen LogP contribution in [0.5, 0.6) is 0 Å². The number of hydrogen-bond donors (Lipinski definition) is 2. The molecule has 2 aromatic rings. The predicted octanol–water partition coefficient (Wildman–Crippen LogP) is 3.71. The number of carbonyl (C=O) groups excluding carboxylic acids is 2. The first-order valence-electron chi connectivity index (χ1n) is 6.70. The van der Waals surface area contributed by atoms with Crippen LogP contribution in [0.3, 0.4) is 0 Å². The van der Waals surface area contributed by atoms with Crippen LogP contribution in [0.2, 0.25) is 5.02 Å². The molecule has 9 heteroatoms. The molecule has 0 saturated carbocycles. The van der Waals surface area contributed by atoms with E-state index in [1.54, 1.807) is 0 Å². The van der Waals surface area contributed by atoms with Crippen molar-refractivity contribution in [1.29, 1.82) is 0 Å². The average Bonchev–Trinajstić information content (AvgIpc) is 3.02. The van der Waals surface area contributed by atoms with Crippen LogP contribution < -0.4 is 10.6 Å². The first-order valence-corrected chi connectivity index (χ1v) is 7.08. The molecule has 0 aliphatic rings. The second-order valence-electron chi connectivity index (χ2n) is 4.85. The van der Waals surface area contributed by atoms with Crippen LogP contribution in [0.4, 0.5) is 18.9 Å². The molecule has 0 spiro atoms. The Labute approximate surface area is 139 Å². The number of furan rings is 1. The third-order valence-corrected chi connectivity index (χ3v) is 3.35. The Morgan fingerprint density at radius 1 is 1.25 bits per heavy atom. The third-order valence-electron chi connectivity index (χ3n) is 3.03. The van der Waals surface area contributed by atoms with Gasteiger partial charge in [-0.1, -0.05) is 11.6 Å². The summed E-state index contributed by atoms with van der Waals surface area (Å²) in [6.07, 6.45) is -3.34. The molecule has 1 aromatic heterocycles. The van der Waals surface area contributed by atoms with Crippen molar-refractivity contribution >= 4 is 29.1 Å². The van der Waals surface area contributed by atoms with E-state index in [2.05, 4.69) is 10.6 Å². The highest BCUT2D eigenvalue weighted by Gasteiger charge is 2.33. The minimum absolute atomic E-state index is 0.0144. The van der Waals surface area contributed by atoms with Gasteiger partial charge in [-0.3, -0.25) is 9.59 Å². The number of halogens is 4. The number of carbonyl (C=O) groups is 2. The fourth-order valence-corrected chi connectivity index (χ4v) is 2.04. The Morgan fingerprint density at radius 2 is 1.96 bits per heavy atom. The van der Waals surface area contributed by atoms with E-state index >= 15 is 0 Å². The highest BCUT2D eigenvalue weighted by Crippen LogP contribution is 2.36. The number of rotatable bonds is 4. The molecule has 0 aliphatic heterocycles. The summed E-state index contributed by atoms with van der Waals surface area (Å²) in [7, 11) is 0. The Kier molecular flexibility index (Phi) is 5.18. The van der Waals surface area contributed by atoms with Crippen molar-refractivity contribution < 1.29 is 27.2 Å².